The molecule has 0 bridgehead atoms. The van der Waals surface area contributed by atoms with Crippen LogP contribution in [0.25, 0.3) is 22.0 Å². The number of methoxy groups -OCH3 is 1. The molecule has 2 aromatic carbocycles. The second kappa shape index (κ2) is 11.9. The molecule has 1 aliphatic heterocycles. The molecule has 1 fully saturated rings. The van der Waals surface area contributed by atoms with Crippen LogP contribution in [0.1, 0.15) is 18.5 Å². The molecule has 2 N–H and O–H groups in total. The molecule has 2 aromatic heterocycles. The number of fused-ring (bicyclic) bond motifs is 1. The summed E-state index contributed by atoms with van der Waals surface area (Å²) >= 11 is 0. The number of pyridine rings is 1. The number of rotatable bonds is 7. The van der Waals surface area contributed by atoms with Crippen molar-refractivity contribution in [2.75, 3.05) is 44.4 Å². The Hall–Kier alpha value is -4.16. The van der Waals surface area contributed by atoms with Crippen LogP contribution >= 0.6 is 0 Å². The van der Waals surface area contributed by atoms with E-state index in [4.69, 9.17) is 4.74 Å². The minimum absolute atomic E-state index is 0.235. The number of aromatic nitrogens is 2. The largest absolute Gasteiger partial charge is 0.495 e. The van der Waals surface area contributed by atoms with Crippen LogP contribution in [0, 0.1) is 11.8 Å². The van der Waals surface area contributed by atoms with E-state index in [-0.39, 0.29) is 12.6 Å². The lowest BCUT2D eigenvalue weighted by atomic mass is 10.0. The molecule has 0 saturated carbocycles. The van der Waals surface area contributed by atoms with Gasteiger partial charge in [0.15, 0.2) is 0 Å². The van der Waals surface area contributed by atoms with Gasteiger partial charge in [-0.05, 0) is 92.5 Å². The zero-order chi connectivity index (χ0) is 28.1. The van der Waals surface area contributed by atoms with Crippen LogP contribution in [0.2, 0.25) is 0 Å². The summed E-state index contributed by atoms with van der Waals surface area (Å²) in [5.41, 5.74) is 4.43. The molecule has 3 heterocycles. The van der Waals surface area contributed by atoms with Crippen molar-refractivity contribution in [3.05, 3.63) is 72.7 Å². The molecule has 40 heavy (non-hydrogen) atoms. The van der Waals surface area contributed by atoms with E-state index in [0.29, 0.717) is 17.0 Å². The topological polar surface area (TPSA) is 54.4 Å². The van der Waals surface area contributed by atoms with Gasteiger partial charge in [-0.1, -0.05) is 18.1 Å². The third-order valence-electron chi connectivity index (χ3n) is 7.16. The van der Waals surface area contributed by atoms with Gasteiger partial charge in [-0.3, -0.25) is 4.98 Å². The van der Waals surface area contributed by atoms with Gasteiger partial charge in [-0.15, -0.1) is 0 Å². The number of ether oxygens (including phenoxy) is 1. The summed E-state index contributed by atoms with van der Waals surface area (Å²) in [6.07, 6.45) is 1.07. The Balaban J connectivity index is 1.37. The van der Waals surface area contributed by atoms with Gasteiger partial charge in [0.2, 0.25) is 0 Å². The van der Waals surface area contributed by atoms with Crippen molar-refractivity contribution in [2.45, 2.75) is 31.6 Å². The van der Waals surface area contributed by atoms with Crippen molar-refractivity contribution < 1.29 is 17.9 Å². The summed E-state index contributed by atoms with van der Waals surface area (Å²) in [7, 11) is 3.69. The second-order valence-corrected chi connectivity index (χ2v) is 10.00. The van der Waals surface area contributed by atoms with E-state index in [1.807, 2.05) is 36.4 Å². The first kappa shape index (κ1) is 27.4. The highest BCUT2D eigenvalue weighted by molar-refractivity contribution is 5.94. The maximum absolute atomic E-state index is 13.6. The van der Waals surface area contributed by atoms with E-state index >= 15 is 0 Å². The number of hydrogen-bond donors (Lipinski definition) is 2. The van der Waals surface area contributed by atoms with E-state index in [2.05, 4.69) is 39.4 Å². The van der Waals surface area contributed by atoms with Crippen molar-refractivity contribution in [3.8, 4) is 28.7 Å². The fourth-order valence-electron chi connectivity index (χ4n) is 5.07. The van der Waals surface area contributed by atoms with Crippen LogP contribution in [0.15, 0.2) is 67.0 Å². The Morgan fingerprint density at radius 2 is 1.77 bits per heavy atom. The summed E-state index contributed by atoms with van der Waals surface area (Å²) < 4.78 is 47.5. The molecule has 4 aromatic rings. The Morgan fingerprint density at radius 1 is 1.00 bits per heavy atom. The maximum Gasteiger partial charge on any atom is 0.406 e. The molecule has 1 saturated heterocycles. The SMILES string of the molecule is COc1cc(-c2ccncc2)ccc1NCC#Cc1cc2c(NC3CCN(C)CC3)cccc2n1CC(F)(F)F. The smallest absolute Gasteiger partial charge is 0.406 e. The number of halogens is 3. The van der Waals surface area contributed by atoms with Gasteiger partial charge in [-0.25, -0.2) is 0 Å². The number of alkyl halides is 3. The lowest BCUT2D eigenvalue weighted by Crippen LogP contribution is -2.36. The molecular formula is C31H32F3N5O. The normalized spacial score (nSPS) is 14.5. The summed E-state index contributed by atoms with van der Waals surface area (Å²) in [5, 5.41) is 7.54. The van der Waals surface area contributed by atoms with Crippen molar-refractivity contribution in [3.63, 3.8) is 0 Å². The predicted octanol–water partition coefficient (Wildman–Crippen LogP) is 6.24. The van der Waals surface area contributed by atoms with E-state index in [0.717, 1.165) is 53.8 Å². The van der Waals surface area contributed by atoms with Crippen molar-refractivity contribution in [1.82, 2.24) is 14.5 Å². The first-order valence-electron chi connectivity index (χ1n) is 13.3. The quantitative estimate of drug-likeness (QED) is 0.268. The fraction of sp³-hybridized carbons (Fsp3) is 0.323. The number of nitrogens with zero attached hydrogens (tertiary/aromatic N) is 3. The molecule has 9 heteroatoms. The van der Waals surface area contributed by atoms with Gasteiger partial charge < -0.3 is 24.8 Å². The van der Waals surface area contributed by atoms with Gasteiger partial charge in [0.1, 0.15) is 12.3 Å². The molecule has 0 spiro atoms. The van der Waals surface area contributed by atoms with E-state index in [1.165, 1.54) is 4.57 Å². The first-order chi connectivity index (χ1) is 19.3. The molecule has 6 nitrogen and oxygen atoms in total. The number of benzene rings is 2. The second-order valence-electron chi connectivity index (χ2n) is 10.00. The molecule has 0 unspecified atom stereocenters. The molecule has 1 aliphatic rings. The lowest BCUT2D eigenvalue weighted by molar-refractivity contribution is -0.140. The summed E-state index contributed by atoms with van der Waals surface area (Å²) in [5.74, 6) is 6.62. The number of piperidine rings is 1. The molecular weight excluding hydrogens is 515 g/mol. The third-order valence-corrected chi connectivity index (χ3v) is 7.16. The lowest BCUT2D eigenvalue weighted by Gasteiger charge is -2.30. The van der Waals surface area contributed by atoms with Crippen LogP contribution in [-0.4, -0.2) is 60.5 Å². The Kier molecular flexibility index (Phi) is 8.17. The number of anilines is 2. The van der Waals surface area contributed by atoms with E-state index < -0.39 is 12.7 Å². The molecule has 5 rings (SSSR count). The number of likely N-dealkylation sites (tertiary alicyclic amines) is 1. The van der Waals surface area contributed by atoms with Gasteiger partial charge >= 0.3 is 6.18 Å². The van der Waals surface area contributed by atoms with Gasteiger partial charge in [0, 0.05) is 29.5 Å². The van der Waals surface area contributed by atoms with Gasteiger partial charge in [-0.2, -0.15) is 13.2 Å². The van der Waals surface area contributed by atoms with Crippen LogP contribution in [-0.2, 0) is 6.54 Å². The number of nitrogens with one attached hydrogen (secondary N) is 2. The Labute approximate surface area is 232 Å². The third kappa shape index (κ3) is 6.52. The molecule has 0 atom stereocenters. The minimum atomic E-state index is -4.37. The summed E-state index contributed by atoms with van der Waals surface area (Å²) in [6, 6.07) is 17.1. The first-order valence-corrected chi connectivity index (χ1v) is 13.3. The summed E-state index contributed by atoms with van der Waals surface area (Å²) in [4.78, 5) is 6.33. The summed E-state index contributed by atoms with van der Waals surface area (Å²) in [6.45, 7) is 1.11. The highest BCUT2D eigenvalue weighted by Gasteiger charge is 2.30. The highest BCUT2D eigenvalue weighted by Crippen LogP contribution is 2.32. The Bertz CT molecular complexity index is 1510. The van der Waals surface area contributed by atoms with Crippen LogP contribution in [0.5, 0.6) is 5.75 Å². The molecule has 0 amide bonds. The molecule has 208 valence electrons. The predicted molar refractivity (Wildman–Crippen MR) is 154 cm³/mol. The molecule has 0 radical (unpaired) electrons. The van der Waals surface area contributed by atoms with Crippen LogP contribution in [0.4, 0.5) is 24.5 Å². The fourth-order valence-corrected chi connectivity index (χ4v) is 5.07. The minimum Gasteiger partial charge on any atom is -0.495 e. The average Bonchev–Trinajstić information content (AvgIpc) is 3.29. The Morgan fingerprint density at radius 3 is 2.50 bits per heavy atom. The van der Waals surface area contributed by atoms with Gasteiger partial charge in [0.25, 0.3) is 0 Å². The maximum atomic E-state index is 13.6. The van der Waals surface area contributed by atoms with Gasteiger partial charge in [0.05, 0.1) is 30.6 Å². The standard InChI is InChI=1S/C31H32F3N5O/c1-38-17-12-24(13-18-38)37-27-6-3-7-29-26(27)20-25(39(29)21-31(32,33)34)5-4-14-36-28-9-8-23(19-30(28)40-2)22-10-15-35-16-11-22/h3,6-11,15-16,19-20,24,36-37H,12-14,17-18,21H2,1-2H3. The highest BCUT2D eigenvalue weighted by atomic mass is 19.4. The molecule has 0 aliphatic carbocycles. The zero-order valence-corrected chi connectivity index (χ0v) is 22.6. The van der Waals surface area contributed by atoms with Crippen molar-refractivity contribution in [2.24, 2.45) is 0 Å². The van der Waals surface area contributed by atoms with Crippen LogP contribution < -0.4 is 15.4 Å². The monoisotopic (exact) mass is 547 g/mol. The van der Waals surface area contributed by atoms with Crippen molar-refractivity contribution in [1.29, 1.82) is 0 Å². The zero-order valence-electron chi connectivity index (χ0n) is 22.6. The van der Waals surface area contributed by atoms with E-state index in [9.17, 15) is 13.2 Å². The number of hydrogen-bond acceptors (Lipinski definition) is 5. The van der Waals surface area contributed by atoms with Crippen molar-refractivity contribution >= 4 is 22.3 Å². The average molecular weight is 548 g/mol. The van der Waals surface area contributed by atoms with Crippen LogP contribution in [0.3, 0.4) is 0 Å². The van der Waals surface area contributed by atoms with E-state index in [1.54, 1.807) is 37.7 Å².